The molecule has 0 unspecified atom stereocenters. The van der Waals surface area contributed by atoms with Crippen LogP contribution in [0.1, 0.15) is 21.6 Å². The van der Waals surface area contributed by atoms with Crippen LogP contribution in [0.2, 0.25) is 0 Å². The summed E-state index contributed by atoms with van der Waals surface area (Å²) >= 11 is 0. The van der Waals surface area contributed by atoms with Crippen molar-refractivity contribution in [2.24, 2.45) is 14.1 Å². The molecule has 0 aliphatic carbocycles. The summed E-state index contributed by atoms with van der Waals surface area (Å²) in [6.45, 7) is 6.06. The Morgan fingerprint density at radius 3 is 2.41 bits per heavy atom. The van der Waals surface area contributed by atoms with Crippen molar-refractivity contribution in [1.29, 1.82) is 0 Å². The average molecular weight is 302 g/mol. The van der Waals surface area contributed by atoms with Crippen LogP contribution in [-0.4, -0.2) is 61.4 Å². The first-order chi connectivity index (χ1) is 10.5. The van der Waals surface area contributed by atoms with E-state index in [1.54, 1.807) is 10.9 Å². The van der Waals surface area contributed by atoms with Crippen LogP contribution in [-0.2, 0) is 20.6 Å². The zero-order valence-electron chi connectivity index (χ0n) is 13.4. The number of piperazine rings is 1. The van der Waals surface area contributed by atoms with Gasteiger partial charge in [0.25, 0.3) is 5.91 Å². The minimum Gasteiger partial charge on any atom is -0.336 e. The second kappa shape index (κ2) is 5.92. The summed E-state index contributed by atoms with van der Waals surface area (Å²) in [7, 11) is 3.77. The summed E-state index contributed by atoms with van der Waals surface area (Å²) in [5.74, 6) is 0.0895. The summed E-state index contributed by atoms with van der Waals surface area (Å²) in [6.07, 6.45) is 5.74. The lowest BCUT2D eigenvalue weighted by Crippen LogP contribution is -2.48. The highest BCUT2D eigenvalue weighted by molar-refractivity contribution is 5.95. The second-order valence-corrected chi connectivity index (χ2v) is 5.89. The molecular weight excluding hydrogens is 280 g/mol. The molecule has 1 aliphatic heterocycles. The normalized spacial score (nSPS) is 16.2. The Kier molecular flexibility index (Phi) is 3.98. The van der Waals surface area contributed by atoms with Crippen LogP contribution in [0, 0.1) is 6.92 Å². The van der Waals surface area contributed by atoms with E-state index >= 15 is 0 Å². The largest absolute Gasteiger partial charge is 0.336 e. The Bertz CT molecular complexity index is 665. The lowest BCUT2D eigenvalue weighted by Gasteiger charge is -2.34. The summed E-state index contributed by atoms with van der Waals surface area (Å²) in [4.78, 5) is 16.8. The van der Waals surface area contributed by atoms with Crippen LogP contribution in [0.5, 0.6) is 0 Å². The van der Waals surface area contributed by atoms with Crippen molar-refractivity contribution in [3.05, 3.63) is 35.4 Å². The average Bonchev–Trinajstić information content (AvgIpc) is 3.04. The van der Waals surface area contributed by atoms with Crippen molar-refractivity contribution in [2.45, 2.75) is 13.5 Å². The molecular formula is C15H22N6O. The van der Waals surface area contributed by atoms with Gasteiger partial charge in [-0.25, -0.2) is 0 Å². The molecule has 0 atom stereocenters. The molecule has 0 radical (unpaired) electrons. The second-order valence-electron chi connectivity index (χ2n) is 5.89. The molecule has 1 amide bonds. The van der Waals surface area contributed by atoms with Gasteiger partial charge in [0.2, 0.25) is 0 Å². The maximum Gasteiger partial charge on any atom is 0.257 e. The number of carbonyl (C=O) groups is 1. The van der Waals surface area contributed by atoms with Gasteiger partial charge in [-0.3, -0.25) is 19.1 Å². The molecule has 2 aromatic rings. The number of rotatable bonds is 3. The van der Waals surface area contributed by atoms with Crippen LogP contribution in [0.4, 0.5) is 0 Å². The Hall–Kier alpha value is -2.15. The van der Waals surface area contributed by atoms with Gasteiger partial charge in [0.1, 0.15) is 0 Å². The standard InChI is InChI=1S/C15H22N6O/c1-12-14(11-19(3)17-12)15(22)21-6-4-20(5-7-21)10-13-8-16-18(2)9-13/h8-9,11H,4-7,10H2,1-3H3. The van der Waals surface area contributed by atoms with E-state index in [1.807, 2.05) is 43.0 Å². The minimum atomic E-state index is 0.0895. The molecule has 7 nitrogen and oxygen atoms in total. The van der Waals surface area contributed by atoms with Crippen LogP contribution in [0.3, 0.4) is 0 Å². The maximum absolute atomic E-state index is 12.5. The fourth-order valence-corrected chi connectivity index (χ4v) is 2.90. The van der Waals surface area contributed by atoms with E-state index in [-0.39, 0.29) is 5.91 Å². The van der Waals surface area contributed by atoms with E-state index in [9.17, 15) is 4.79 Å². The molecule has 0 aromatic carbocycles. The number of hydrogen-bond donors (Lipinski definition) is 0. The summed E-state index contributed by atoms with van der Waals surface area (Å²) < 4.78 is 3.52. The number of aromatic nitrogens is 4. The quantitative estimate of drug-likeness (QED) is 0.824. The Labute approximate surface area is 130 Å². The van der Waals surface area contributed by atoms with Gasteiger partial charge in [-0.15, -0.1) is 0 Å². The fourth-order valence-electron chi connectivity index (χ4n) is 2.90. The SMILES string of the molecule is Cc1nn(C)cc1C(=O)N1CCN(Cc2cnn(C)c2)CC1. The number of nitrogens with zero attached hydrogens (tertiary/aromatic N) is 6. The van der Waals surface area contributed by atoms with Gasteiger partial charge < -0.3 is 4.90 Å². The summed E-state index contributed by atoms with van der Waals surface area (Å²) in [6, 6.07) is 0. The van der Waals surface area contributed by atoms with Crippen LogP contribution < -0.4 is 0 Å². The van der Waals surface area contributed by atoms with Gasteiger partial charge in [0.05, 0.1) is 17.5 Å². The molecule has 1 aliphatic rings. The lowest BCUT2D eigenvalue weighted by molar-refractivity contribution is 0.0627. The predicted octanol–water partition coefficient (Wildman–Crippen LogP) is 0.420. The number of aryl methyl sites for hydroxylation is 3. The van der Waals surface area contributed by atoms with Gasteiger partial charge in [0.15, 0.2) is 0 Å². The molecule has 0 N–H and O–H groups in total. The maximum atomic E-state index is 12.5. The smallest absolute Gasteiger partial charge is 0.257 e. The van der Waals surface area contributed by atoms with Gasteiger partial charge in [-0.05, 0) is 6.92 Å². The Balaban J connectivity index is 1.57. The lowest BCUT2D eigenvalue weighted by atomic mass is 10.2. The molecule has 0 spiro atoms. The molecule has 1 saturated heterocycles. The molecule has 118 valence electrons. The fraction of sp³-hybridized carbons (Fsp3) is 0.533. The third-order valence-electron chi connectivity index (χ3n) is 4.07. The van der Waals surface area contributed by atoms with E-state index < -0.39 is 0 Å². The minimum absolute atomic E-state index is 0.0895. The summed E-state index contributed by atoms with van der Waals surface area (Å²) in [5.41, 5.74) is 2.72. The van der Waals surface area contributed by atoms with Crippen molar-refractivity contribution in [1.82, 2.24) is 29.4 Å². The molecule has 0 bridgehead atoms. The number of amides is 1. The van der Waals surface area contributed by atoms with Gasteiger partial charge >= 0.3 is 0 Å². The molecule has 3 rings (SSSR count). The van der Waals surface area contributed by atoms with E-state index in [2.05, 4.69) is 15.1 Å². The van der Waals surface area contributed by atoms with Crippen molar-refractivity contribution in [2.75, 3.05) is 26.2 Å². The van der Waals surface area contributed by atoms with Crippen molar-refractivity contribution in [3.8, 4) is 0 Å². The first-order valence-corrected chi connectivity index (χ1v) is 7.52. The van der Waals surface area contributed by atoms with Gasteiger partial charge in [0, 0.05) is 64.8 Å². The predicted molar refractivity (Wildman–Crippen MR) is 82.3 cm³/mol. The van der Waals surface area contributed by atoms with Crippen LogP contribution in [0.15, 0.2) is 18.6 Å². The van der Waals surface area contributed by atoms with Crippen molar-refractivity contribution in [3.63, 3.8) is 0 Å². The zero-order valence-corrected chi connectivity index (χ0v) is 13.4. The molecule has 2 aromatic heterocycles. The monoisotopic (exact) mass is 302 g/mol. The third-order valence-corrected chi connectivity index (χ3v) is 4.07. The summed E-state index contributed by atoms with van der Waals surface area (Å²) in [5, 5.41) is 8.44. The number of hydrogen-bond acceptors (Lipinski definition) is 4. The van der Waals surface area contributed by atoms with Gasteiger partial charge in [-0.1, -0.05) is 0 Å². The van der Waals surface area contributed by atoms with Crippen molar-refractivity contribution < 1.29 is 4.79 Å². The van der Waals surface area contributed by atoms with E-state index in [4.69, 9.17) is 0 Å². The zero-order chi connectivity index (χ0) is 15.7. The highest BCUT2D eigenvalue weighted by Gasteiger charge is 2.24. The Morgan fingerprint density at radius 2 is 1.86 bits per heavy atom. The Morgan fingerprint density at radius 1 is 1.14 bits per heavy atom. The molecule has 7 heteroatoms. The van der Waals surface area contributed by atoms with Crippen molar-refractivity contribution >= 4 is 5.91 Å². The topological polar surface area (TPSA) is 59.2 Å². The van der Waals surface area contributed by atoms with Crippen LogP contribution >= 0.6 is 0 Å². The first-order valence-electron chi connectivity index (χ1n) is 7.52. The molecule has 1 fully saturated rings. The van der Waals surface area contributed by atoms with E-state index in [0.717, 1.165) is 38.4 Å². The van der Waals surface area contributed by atoms with E-state index in [0.29, 0.717) is 5.56 Å². The van der Waals surface area contributed by atoms with Gasteiger partial charge in [-0.2, -0.15) is 10.2 Å². The first kappa shape index (κ1) is 14.8. The van der Waals surface area contributed by atoms with Crippen LogP contribution in [0.25, 0.3) is 0 Å². The highest BCUT2D eigenvalue weighted by atomic mass is 16.2. The number of carbonyl (C=O) groups excluding carboxylic acids is 1. The molecule has 22 heavy (non-hydrogen) atoms. The third kappa shape index (κ3) is 3.04. The molecule has 0 saturated carbocycles. The highest BCUT2D eigenvalue weighted by Crippen LogP contribution is 2.13. The molecule has 3 heterocycles. The van der Waals surface area contributed by atoms with E-state index in [1.165, 1.54) is 5.56 Å².